The van der Waals surface area contributed by atoms with Gasteiger partial charge in [-0.1, -0.05) is 31.7 Å². The zero-order valence-electron chi connectivity index (χ0n) is 11.7. The first kappa shape index (κ1) is 12.9. The van der Waals surface area contributed by atoms with Crippen molar-refractivity contribution in [2.75, 3.05) is 6.61 Å². The van der Waals surface area contributed by atoms with Gasteiger partial charge in [0.05, 0.1) is 5.54 Å². The molecule has 19 heavy (non-hydrogen) atoms. The molecule has 2 N–H and O–H groups in total. The molecule has 0 unspecified atom stereocenters. The Morgan fingerprint density at radius 2 is 1.84 bits per heavy atom. The molecule has 3 rings (SSSR count). The van der Waals surface area contributed by atoms with E-state index in [1.807, 2.05) is 6.07 Å². The van der Waals surface area contributed by atoms with Crippen LogP contribution in [-0.2, 0) is 12.8 Å². The molecule has 0 bridgehead atoms. The van der Waals surface area contributed by atoms with Gasteiger partial charge in [0, 0.05) is 11.8 Å². The van der Waals surface area contributed by atoms with Gasteiger partial charge < -0.3 is 10.5 Å². The maximum Gasteiger partial charge on any atom is 0.213 e. The lowest BCUT2D eigenvalue weighted by Crippen LogP contribution is -2.45. The number of aromatic nitrogens is 1. The van der Waals surface area contributed by atoms with E-state index < -0.39 is 0 Å². The molecule has 0 aromatic carbocycles. The van der Waals surface area contributed by atoms with Gasteiger partial charge in [-0.15, -0.1) is 0 Å². The van der Waals surface area contributed by atoms with E-state index in [0.717, 1.165) is 25.1 Å². The van der Waals surface area contributed by atoms with Gasteiger partial charge >= 0.3 is 0 Å². The van der Waals surface area contributed by atoms with Crippen molar-refractivity contribution in [1.29, 1.82) is 0 Å². The topological polar surface area (TPSA) is 48.1 Å². The van der Waals surface area contributed by atoms with Gasteiger partial charge in [-0.05, 0) is 37.7 Å². The van der Waals surface area contributed by atoms with E-state index in [1.165, 1.54) is 49.8 Å². The van der Waals surface area contributed by atoms with Crippen molar-refractivity contribution in [2.24, 2.45) is 5.73 Å². The zero-order chi connectivity index (χ0) is 13.1. The maximum atomic E-state index is 6.47. The third-order valence-corrected chi connectivity index (χ3v) is 4.51. The Hall–Kier alpha value is -1.09. The molecule has 1 fully saturated rings. The monoisotopic (exact) mass is 260 g/mol. The highest BCUT2D eigenvalue weighted by atomic mass is 16.5. The van der Waals surface area contributed by atoms with E-state index in [4.69, 9.17) is 10.5 Å². The van der Waals surface area contributed by atoms with E-state index in [-0.39, 0.29) is 5.54 Å². The summed E-state index contributed by atoms with van der Waals surface area (Å²) in [4.78, 5) is 4.61. The Morgan fingerprint density at radius 1 is 1.05 bits per heavy atom. The smallest absolute Gasteiger partial charge is 0.213 e. The van der Waals surface area contributed by atoms with E-state index in [9.17, 15) is 0 Å². The number of ether oxygens (including phenoxy) is 1. The van der Waals surface area contributed by atoms with Crippen molar-refractivity contribution in [3.63, 3.8) is 0 Å². The largest absolute Gasteiger partial charge is 0.476 e. The molecular weight excluding hydrogens is 236 g/mol. The second-order valence-electron chi connectivity index (χ2n) is 6.17. The predicted octanol–water partition coefficient (Wildman–Crippen LogP) is 3.00. The number of nitrogens with two attached hydrogens (primary N) is 1. The van der Waals surface area contributed by atoms with Crippen LogP contribution in [0.2, 0.25) is 0 Å². The minimum atomic E-state index is -0.142. The lowest BCUT2D eigenvalue weighted by atomic mass is 9.93. The van der Waals surface area contributed by atoms with Crippen molar-refractivity contribution < 1.29 is 4.74 Å². The fraction of sp³-hybridized carbons (Fsp3) is 0.688. The Balaban J connectivity index is 1.62. The van der Waals surface area contributed by atoms with Crippen LogP contribution in [0.4, 0.5) is 0 Å². The van der Waals surface area contributed by atoms with Crippen LogP contribution in [0.25, 0.3) is 0 Å². The molecule has 1 saturated carbocycles. The first-order valence-electron chi connectivity index (χ1n) is 7.66. The molecule has 2 aliphatic carbocycles. The average molecular weight is 260 g/mol. The van der Waals surface area contributed by atoms with Crippen LogP contribution in [0.1, 0.15) is 56.2 Å². The molecule has 1 aromatic heterocycles. The van der Waals surface area contributed by atoms with Gasteiger partial charge in [0.15, 0.2) is 0 Å². The number of hydrogen-bond acceptors (Lipinski definition) is 3. The number of rotatable bonds is 3. The summed E-state index contributed by atoms with van der Waals surface area (Å²) in [7, 11) is 0. The molecule has 0 radical (unpaired) electrons. The van der Waals surface area contributed by atoms with Crippen LogP contribution in [-0.4, -0.2) is 17.1 Å². The SMILES string of the molecule is NC1(COc2ccc3c(n2)CCC3)CCCCCC1. The highest BCUT2D eigenvalue weighted by Gasteiger charge is 2.27. The van der Waals surface area contributed by atoms with Gasteiger partial charge in [0.1, 0.15) is 6.61 Å². The van der Waals surface area contributed by atoms with E-state index >= 15 is 0 Å². The summed E-state index contributed by atoms with van der Waals surface area (Å²) >= 11 is 0. The molecule has 2 aliphatic rings. The second kappa shape index (κ2) is 5.49. The van der Waals surface area contributed by atoms with Crippen LogP contribution >= 0.6 is 0 Å². The normalized spacial score (nSPS) is 21.7. The Labute approximate surface area is 115 Å². The van der Waals surface area contributed by atoms with Gasteiger partial charge in [-0.3, -0.25) is 0 Å². The van der Waals surface area contributed by atoms with E-state index in [2.05, 4.69) is 11.1 Å². The molecule has 0 spiro atoms. The summed E-state index contributed by atoms with van der Waals surface area (Å²) in [6.07, 6.45) is 10.8. The van der Waals surface area contributed by atoms with Crippen LogP contribution in [0, 0.1) is 0 Å². The minimum absolute atomic E-state index is 0.142. The Kier molecular flexibility index (Phi) is 3.74. The fourth-order valence-electron chi connectivity index (χ4n) is 3.28. The summed E-state index contributed by atoms with van der Waals surface area (Å²) in [5.74, 6) is 0.759. The lowest BCUT2D eigenvalue weighted by molar-refractivity contribution is 0.193. The number of nitrogens with zero attached hydrogens (tertiary/aromatic N) is 1. The summed E-state index contributed by atoms with van der Waals surface area (Å²) in [6, 6.07) is 4.17. The van der Waals surface area contributed by atoms with Gasteiger partial charge in [-0.25, -0.2) is 4.98 Å². The standard InChI is InChI=1S/C16H24N2O/c17-16(10-3-1-2-4-11-16)12-19-15-9-8-13-6-5-7-14(13)18-15/h8-9H,1-7,10-12,17H2. The van der Waals surface area contributed by atoms with Gasteiger partial charge in [-0.2, -0.15) is 0 Å². The number of pyridine rings is 1. The van der Waals surface area contributed by atoms with Crippen LogP contribution in [0.3, 0.4) is 0 Å². The van der Waals surface area contributed by atoms with Gasteiger partial charge in [0.2, 0.25) is 5.88 Å². The highest BCUT2D eigenvalue weighted by molar-refractivity contribution is 5.29. The molecule has 3 heteroatoms. The molecule has 1 heterocycles. The molecule has 0 atom stereocenters. The molecular formula is C16H24N2O. The third kappa shape index (κ3) is 3.08. The number of fused-ring (bicyclic) bond motifs is 1. The second-order valence-corrected chi connectivity index (χ2v) is 6.17. The average Bonchev–Trinajstić information content (AvgIpc) is 2.78. The molecule has 0 saturated heterocycles. The van der Waals surface area contributed by atoms with Crippen molar-refractivity contribution >= 4 is 0 Å². The van der Waals surface area contributed by atoms with Crippen molar-refractivity contribution in [3.8, 4) is 5.88 Å². The quantitative estimate of drug-likeness (QED) is 0.850. The summed E-state index contributed by atoms with van der Waals surface area (Å²) < 4.78 is 5.89. The molecule has 3 nitrogen and oxygen atoms in total. The third-order valence-electron chi connectivity index (χ3n) is 4.51. The van der Waals surface area contributed by atoms with E-state index in [1.54, 1.807) is 0 Å². The number of hydrogen-bond donors (Lipinski definition) is 1. The first-order valence-corrected chi connectivity index (χ1v) is 7.66. The molecule has 0 aliphatic heterocycles. The molecule has 0 amide bonds. The van der Waals surface area contributed by atoms with Crippen molar-refractivity contribution in [3.05, 3.63) is 23.4 Å². The van der Waals surface area contributed by atoms with E-state index in [0.29, 0.717) is 6.61 Å². The zero-order valence-corrected chi connectivity index (χ0v) is 11.7. The van der Waals surface area contributed by atoms with Crippen LogP contribution in [0.5, 0.6) is 5.88 Å². The predicted molar refractivity (Wildman–Crippen MR) is 76.4 cm³/mol. The molecule has 104 valence electrons. The summed E-state index contributed by atoms with van der Waals surface area (Å²) in [5.41, 5.74) is 8.94. The highest BCUT2D eigenvalue weighted by Crippen LogP contribution is 2.27. The maximum absolute atomic E-state index is 6.47. The minimum Gasteiger partial charge on any atom is -0.476 e. The summed E-state index contributed by atoms with van der Waals surface area (Å²) in [6.45, 7) is 0.610. The lowest BCUT2D eigenvalue weighted by Gasteiger charge is -2.27. The van der Waals surface area contributed by atoms with Crippen LogP contribution in [0.15, 0.2) is 12.1 Å². The van der Waals surface area contributed by atoms with Gasteiger partial charge in [0.25, 0.3) is 0 Å². The van der Waals surface area contributed by atoms with Crippen LogP contribution < -0.4 is 10.5 Å². The number of aryl methyl sites for hydroxylation is 2. The molecule has 1 aromatic rings. The Bertz CT molecular complexity index is 436. The van der Waals surface area contributed by atoms with Crippen molar-refractivity contribution in [2.45, 2.75) is 63.3 Å². The first-order chi connectivity index (χ1) is 9.25. The van der Waals surface area contributed by atoms with Crippen molar-refractivity contribution in [1.82, 2.24) is 4.98 Å². The Morgan fingerprint density at radius 3 is 2.63 bits per heavy atom. The fourth-order valence-corrected chi connectivity index (χ4v) is 3.28. The summed E-state index contributed by atoms with van der Waals surface area (Å²) in [5, 5.41) is 0.